The molecule has 13 heavy (non-hydrogen) atoms. The van der Waals surface area contributed by atoms with Gasteiger partial charge in [-0.25, -0.2) is 0 Å². The molecule has 1 aromatic heterocycles. The van der Waals surface area contributed by atoms with Crippen LogP contribution in [0.3, 0.4) is 0 Å². The topological polar surface area (TPSA) is 54.7 Å². The molecule has 0 aliphatic heterocycles. The SMILES string of the molecule is Nc1[nH]ncc1SC1CCCCC1. The van der Waals surface area contributed by atoms with E-state index in [1.165, 1.54) is 32.1 Å². The monoisotopic (exact) mass is 197 g/mol. The summed E-state index contributed by atoms with van der Waals surface area (Å²) in [5, 5.41) is 7.44. The maximum absolute atomic E-state index is 5.72. The molecule has 0 amide bonds. The number of nitrogens with zero attached hydrogens (tertiary/aromatic N) is 1. The number of H-pyrrole nitrogens is 1. The van der Waals surface area contributed by atoms with Gasteiger partial charge in [-0.2, -0.15) is 5.10 Å². The van der Waals surface area contributed by atoms with Gasteiger partial charge < -0.3 is 5.73 Å². The van der Waals surface area contributed by atoms with Crippen molar-refractivity contribution in [2.45, 2.75) is 42.2 Å². The number of thioether (sulfide) groups is 1. The van der Waals surface area contributed by atoms with Gasteiger partial charge in [0, 0.05) is 5.25 Å². The lowest BCUT2D eigenvalue weighted by Gasteiger charge is -2.20. The normalized spacial score (nSPS) is 19.1. The first kappa shape index (κ1) is 8.94. The second-order valence-corrected chi connectivity index (χ2v) is 4.87. The Labute approximate surface area is 82.5 Å². The zero-order valence-electron chi connectivity index (χ0n) is 7.62. The molecule has 0 bridgehead atoms. The van der Waals surface area contributed by atoms with Crippen LogP contribution in [0.2, 0.25) is 0 Å². The lowest BCUT2D eigenvalue weighted by atomic mass is 10.0. The molecule has 0 radical (unpaired) electrons. The van der Waals surface area contributed by atoms with Gasteiger partial charge >= 0.3 is 0 Å². The first-order valence-corrected chi connectivity index (χ1v) is 5.70. The average Bonchev–Trinajstić information content (AvgIpc) is 2.54. The van der Waals surface area contributed by atoms with Gasteiger partial charge in [-0.3, -0.25) is 5.10 Å². The number of nitrogen functional groups attached to an aromatic ring is 1. The van der Waals surface area contributed by atoms with E-state index in [0.29, 0.717) is 0 Å². The van der Waals surface area contributed by atoms with E-state index in [9.17, 15) is 0 Å². The molecule has 0 saturated heterocycles. The molecule has 3 nitrogen and oxygen atoms in total. The molecular formula is C9H15N3S. The third-order valence-electron chi connectivity index (χ3n) is 2.48. The summed E-state index contributed by atoms with van der Waals surface area (Å²) in [6.45, 7) is 0. The fraction of sp³-hybridized carbons (Fsp3) is 0.667. The largest absolute Gasteiger partial charge is 0.383 e. The van der Waals surface area contributed by atoms with Crippen molar-refractivity contribution < 1.29 is 0 Å². The highest BCUT2D eigenvalue weighted by Crippen LogP contribution is 2.35. The smallest absolute Gasteiger partial charge is 0.132 e. The minimum absolute atomic E-state index is 0.718. The van der Waals surface area contributed by atoms with Gasteiger partial charge in [0.2, 0.25) is 0 Å². The van der Waals surface area contributed by atoms with Gasteiger partial charge in [0.1, 0.15) is 5.82 Å². The highest BCUT2D eigenvalue weighted by Gasteiger charge is 2.16. The molecule has 1 fully saturated rings. The summed E-state index contributed by atoms with van der Waals surface area (Å²) in [4.78, 5) is 1.12. The molecule has 1 aromatic rings. The maximum atomic E-state index is 5.72. The van der Waals surface area contributed by atoms with Gasteiger partial charge in [-0.15, -0.1) is 11.8 Å². The lowest BCUT2D eigenvalue weighted by Crippen LogP contribution is -2.07. The van der Waals surface area contributed by atoms with Gasteiger partial charge in [0.15, 0.2) is 0 Å². The van der Waals surface area contributed by atoms with Crippen molar-refractivity contribution in [3.05, 3.63) is 6.20 Å². The molecule has 1 saturated carbocycles. The summed E-state index contributed by atoms with van der Waals surface area (Å²) in [5.41, 5.74) is 5.72. The van der Waals surface area contributed by atoms with Crippen molar-refractivity contribution in [3.8, 4) is 0 Å². The summed E-state index contributed by atoms with van der Waals surface area (Å²) in [7, 11) is 0. The first-order valence-electron chi connectivity index (χ1n) is 4.82. The number of anilines is 1. The number of hydrogen-bond donors (Lipinski definition) is 2. The van der Waals surface area contributed by atoms with Crippen LogP contribution in [0.4, 0.5) is 5.82 Å². The van der Waals surface area contributed by atoms with E-state index in [1.807, 2.05) is 18.0 Å². The van der Waals surface area contributed by atoms with E-state index in [4.69, 9.17) is 5.73 Å². The molecule has 72 valence electrons. The fourth-order valence-electron chi connectivity index (χ4n) is 1.74. The van der Waals surface area contributed by atoms with Crippen molar-refractivity contribution in [1.82, 2.24) is 10.2 Å². The van der Waals surface area contributed by atoms with Crippen LogP contribution in [-0.4, -0.2) is 15.4 Å². The number of hydrogen-bond acceptors (Lipinski definition) is 3. The minimum Gasteiger partial charge on any atom is -0.383 e. The molecule has 0 unspecified atom stereocenters. The van der Waals surface area contributed by atoms with Crippen LogP contribution in [0.5, 0.6) is 0 Å². The van der Waals surface area contributed by atoms with Crippen molar-refractivity contribution in [2.75, 3.05) is 5.73 Å². The Balaban J connectivity index is 1.93. The van der Waals surface area contributed by atoms with Crippen molar-refractivity contribution in [2.24, 2.45) is 0 Å². The molecule has 1 heterocycles. The van der Waals surface area contributed by atoms with E-state index in [-0.39, 0.29) is 0 Å². The predicted molar refractivity (Wildman–Crippen MR) is 55.7 cm³/mol. The average molecular weight is 197 g/mol. The van der Waals surface area contributed by atoms with Crippen LogP contribution < -0.4 is 5.73 Å². The number of rotatable bonds is 2. The second kappa shape index (κ2) is 4.05. The molecule has 2 rings (SSSR count). The van der Waals surface area contributed by atoms with Crippen LogP contribution in [0.15, 0.2) is 11.1 Å². The van der Waals surface area contributed by atoms with Crippen molar-refractivity contribution >= 4 is 17.6 Å². The summed E-state index contributed by atoms with van der Waals surface area (Å²) in [6, 6.07) is 0. The molecule has 4 heteroatoms. The van der Waals surface area contributed by atoms with Gasteiger partial charge in [-0.1, -0.05) is 19.3 Å². The standard InChI is InChI=1S/C9H15N3S/c10-9-8(6-11-12-9)13-7-4-2-1-3-5-7/h6-7H,1-5H2,(H3,10,11,12). The molecule has 0 spiro atoms. The number of aromatic amines is 1. The van der Waals surface area contributed by atoms with Crippen LogP contribution in [0, 0.1) is 0 Å². The van der Waals surface area contributed by atoms with E-state index < -0.39 is 0 Å². The zero-order valence-corrected chi connectivity index (χ0v) is 8.44. The van der Waals surface area contributed by atoms with Gasteiger partial charge in [0.05, 0.1) is 11.1 Å². The quantitative estimate of drug-likeness (QED) is 0.765. The molecule has 1 aliphatic carbocycles. The summed E-state index contributed by atoms with van der Waals surface area (Å²) in [5.74, 6) is 0.718. The molecule has 0 aromatic carbocycles. The van der Waals surface area contributed by atoms with E-state index in [2.05, 4.69) is 10.2 Å². The van der Waals surface area contributed by atoms with Crippen molar-refractivity contribution in [3.63, 3.8) is 0 Å². The van der Waals surface area contributed by atoms with E-state index in [1.54, 1.807) is 0 Å². The molecule has 3 N–H and O–H groups in total. The van der Waals surface area contributed by atoms with Crippen LogP contribution in [0.1, 0.15) is 32.1 Å². The van der Waals surface area contributed by atoms with Crippen LogP contribution in [-0.2, 0) is 0 Å². The summed E-state index contributed by atoms with van der Waals surface area (Å²) in [6.07, 6.45) is 8.63. The van der Waals surface area contributed by atoms with Crippen LogP contribution >= 0.6 is 11.8 Å². The Morgan fingerprint density at radius 3 is 2.77 bits per heavy atom. The fourth-order valence-corrected chi connectivity index (χ4v) is 2.96. The highest BCUT2D eigenvalue weighted by molar-refractivity contribution is 8.00. The van der Waals surface area contributed by atoms with Gasteiger partial charge in [0.25, 0.3) is 0 Å². The van der Waals surface area contributed by atoms with Crippen LogP contribution in [0.25, 0.3) is 0 Å². The third-order valence-corrected chi connectivity index (χ3v) is 3.86. The third kappa shape index (κ3) is 2.18. The zero-order chi connectivity index (χ0) is 9.10. The minimum atomic E-state index is 0.718. The Bertz CT molecular complexity index is 266. The summed E-state index contributed by atoms with van der Waals surface area (Å²) < 4.78 is 0. The highest BCUT2D eigenvalue weighted by atomic mass is 32.2. The number of nitrogens with one attached hydrogen (secondary N) is 1. The second-order valence-electron chi connectivity index (χ2n) is 3.53. The predicted octanol–water partition coefficient (Wildman–Crippen LogP) is 2.42. The van der Waals surface area contributed by atoms with Crippen molar-refractivity contribution in [1.29, 1.82) is 0 Å². The molecular weight excluding hydrogens is 182 g/mol. The molecule has 0 atom stereocenters. The van der Waals surface area contributed by atoms with Gasteiger partial charge in [-0.05, 0) is 12.8 Å². The summed E-state index contributed by atoms with van der Waals surface area (Å²) >= 11 is 1.88. The van der Waals surface area contributed by atoms with E-state index >= 15 is 0 Å². The molecule has 1 aliphatic rings. The lowest BCUT2D eigenvalue weighted by molar-refractivity contribution is 0.516. The Kier molecular flexibility index (Phi) is 2.78. The Morgan fingerprint density at radius 1 is 1.38 bits per heavy atom. The first-order chi connectivity index (χ1) is 6.36. The van der Waals surface area contributed by atoms with E-state index in [0.717, 1.165) is 16.0 Å². The Hall–Kier alpha value is -0.640. The Morgan fingerprint density at radius 2 is 2.15 bits per heavy atom. The number of nitrogens with two attached hydrogens (primary N) is 1. The maximum Gasteiger partial charge on any atom is 0.132 e. The number of aromatic nitrogens is 2.